The van der Waals surface area contributed by atoms with Crippen LogP contribution >= 0.6 is 0 Å². The molecule has 2 aromatic rings. The van der Waals surface area contributed by atoms with E-state index in [1.165, 1.54) is 0 Å². The number of ether oxygens (including phenoxy) is 2. The molecule has 4 nitrogen and oxygen atoms in total. The van der Waals surface area contributed by atoms with Crippen LogP contribution < -0.4 is 9.47 Å². The second-order valence-corrected chi connectivity index (χ2v) is 5.02. The minimum Gasteiger partial charge on any atom is -0.493 e. The third-order valence-corrected chi connectivity index (χ3v) is 3.70. The summed E-state index contributed by atoms with van der Waals surface area (Å²) in [6.07, 6.45) is 3.73. The molecule has 0 N–H and O–H groups in total. The molecule has 1 aliphatic heterocycles. The predicted molar refractivity (Wildman–Crippen MR) is 84.9 cm³/mol. The van der Waals surface area contributed by atoms with Gasteiger partial charge in [-0.3, -0.25) is 4.79 Å². The van der Waals surface area contributed by atoms with E-state index in [4.69, 9.17) is 9.47 Å². The summed E-state index contributed by atoms with van der Waals surface area (Å²) in [5.41, 5.74) is 2.75. The summed E-state index contributed by atoms with van der Waals surface area (Å²) in [4.78, 5) is 14.2. The van der Waals surface area contributed by atoms with Crippen LogP contribution in [0.1, 0.15) is 21.5 Å². The average molecular weight is 295 g/mol. The molecular formula is C18H17NO3. The van der Waals surface area contributed by atoms with Gasteiger partial charge < -0.3 is 14.4 Å². The molecule has 0 aliphatic carbocycles. The van der Waals surface area contributed by atoms with Crippen molar-refractivity contribution in [2.45, 2.75) is 6.54 Å². The molecule has 0 saturated heterocycles. The van der Waals surface area contributed by atoms with E-state index < -0.39 is 0 Å². The van der Waals surface area contributed by atoms with Crippen LogP contribution in [0.2, 0.25) is 0 Å². The number of carbonyl (C=O) groups is 1. The Balaban J connectivity index is 1.90. The molecule has 0 unspecified atom stereocenters. The Hall–Kier alpha value is -2.75. The van der Waals surface area contributed by atoms with Crippen molar-refractivity contribution >= 4 is 12.0 Å². The topological polar surface area (TPSA) is 38.8 Å². The van der Waals surface area contributed by atoms with Crippen LogP contribution in [-0.4, -0.2) is 25.0 Å². The lowest BCUT2D eigenvalue weighted by Crippen LogP contribution is -2.27. The molecule has 3 rings (SSSR count). The average Bonchev–Trinajstić information content (AvgIpc) is 2.60. The maximum Gasteiger partial charge on any atom is 0.258 e. The summed E-state index contributed by atoms with van der Waals surface area (Å²) in [6.45, 7) is 0.514. The Bertz CT molecular complexity index is 723. The third kappa shape index (κ3) is 2.55. The Morgan fingerprint density at radius 2 is 1.73 bits per heavy atom. The van der Waals surface area contributed by atoms with Gasteiger partial charge in [-0.15, -0.1) is 0 Å². The highest BCUT2D eigenvalue weighted by molar-refractivity contribution is 5.95. The van der Waals surface area contributed by atoms with E-state index in [1.54, 1.807) is 19.1 Å². The monoisotopic (exact) mass is 295 g/mol. The van der Waals surface area contributed by atoms with Crippen molar-refractivity contribution in [2.24, 2.45) is 0 Å². The summed E-state index contributed by atoms with van der Waals surface area (Å²) in [5.74, 6) is 1.34. The molecular weight excluding hydrogens is 278 g/mol. The maximum atomic E-state index is 12.5. The van der Waals surface area contributed by atoms with Gasteiger partial charge in [0.05, 0.1) is 20.8 Å². The summed E-state index contributed by atoms with van der Waals surface area (Å²) in [5, 5.41) is 0. The number of methoxy groups -OCH3 is 2. The molecule has 0 spiro atoms. The number of fused-ring (bicyclic) bond motifs is 1. The van der Waals surface area contributed by atoms with Crippen molar-refractivity contribution in [2.75, 3.05) is 14.2 Å². The molecule has 22 heavy (non-hydrogen) atoms. The van der Waals surface area contributed by atoms with Crippen LogP contribution in [0.4, 0.5) is 0 Å². The fraction of sp³-hybridized carbons (Fsp3) is 0.167. The van der Waals surface area contributed by atoms with E-state index in [-0.39, 0.29) is 5.91 Å². The zero-order valence-corrected chi connectivity index (χ0v) is 12.6. The van der Waals surface area contributed by atoms with Gasteiger partial charge in [0.15, 0.2) is 11.5 Å². The molecule has 1 heterocycles. The van der Waals surface area contributed by atoms with Gasteiger partial charge in [0.1, 0.15) is 0 Å². The molecule has 1 amide bonds. The van der Waals surface area contributed by atoms with Crippen molar-refractivity contribution in [3.63, 3.8) is 0 Å². The van der Waals surface area contributed by atoms with Crippen molar-refractivity contribution < 1.29 is 14.3 Å². The number of rotatable bonds is 3. The first-order chi connectivity index (χ1) is 10.7. The minimum atomic E-state index is -0.0164. The minimum absolute atomic E-state index is 0.0164. The van der Waals surface area contributed by atoms with Crippen LogP contribution in [0.5, 0.6) is 11.5 Å². The van der Waals surface area contributed by atoms with Crippen LogP contribution in [0, 0.1) is 0 Å². The van der Waals surface area contributed by atoms with E-state index in [0.717, 1.165) is 11.1 Å². The van der Waals surface area contributed by atoms with Crippen LogP contribution in [0.3, 0.4) is 0 Å². The predicted octanol–water partition coefficient (Wildman–Crippen LogP) is 3.33. The quantitative estimate of drug-likeness (QED) is 0.872. The molecule has 2 aromatic carbocycles. The number of amides is 1. The Morgan fingerprint density at radius 1 is 1.05 bits per heavy atom. The second-order valence-electron chi connectivity index (χ2n) is 5.02. The fourth-order valence-electron chi connectivity index (χ4n) is 2.52. The van der Waals surface area contributed by atoms with Crippen molar-refractivity contribution in [3.05, 3.63) is 65.4 Å². The van der Waals surface area contributed by atoms with Crippen molar-refractivity contribution in [1.82, 2.24) is 4.90 Å². The van der Waals surface area contributed by atoms with Crippen LogP contribution in [-0.2, 0) is 6.54 Å². The van der Waals surface area contributed by atoms with Gasteiger partial charge >= 0.3 is 0 Å². The lowest BCUT2D eigenvalue weighted by atomic mass is 10.0. The fourth-order valence-corrected chi connectivity index (χ4v) is 2.52. The normalized spacial score (nSPS) is 12.7. The zero-order chi connectivity index (χ0) is 15.5. The summed E-state index contributed by atoms with van der Waals surface area (Å²) in [6, 6.07) is 13.1. The van der Waals surface area contributed by atoms with Gasteiger partial charge in [-0.25, -0.2) is 0 Å². The zero-order valence-electron chi connectivity index (χ0n) is 12.6. The summed E-state index contributed by atoms with van der Waals surface area (Å²) >= 11 is 0. The van der Waals surface area contributed by atoms with Gasteiger partial charge in [-0.2, -0.15) is 0 Å². The summed E-state index contributed by atoms with van der Waals surface area (Å²) in [7, 11) is 3.22. The van der Waals surface area contributed by atoms with E-state index in [1.807, 2.05) is 54.7 Å². The lowest BCUT2D eigenvalue weighted by molar-refractivity contribution is 0.0813. The van der Waals surface area contributed by atoms with E-state index in [0.29, 0.717) is 23.6 Å². The van der Waals surface area contributed by atoms with E-state index in [9.17, 15) is 4.79 Å². The lowest BCUT2D eigenvalue weighted by Gasteiger charge is -2.24. The highest BCUT2D eigenvalue weighted by Crippen LogP contribution is 2.33. The van der Waals surface area contributed by atoms with Crippen molar-refractivity contribution in [3.8, 4) is 11.5 Å². The van der Waals surface area contributed by atoms with E-state index in [2.05, 4.69) is 0 Å². The van der Waals surface area contributed by atoms with Gasteiger partial charge in [0.25, 0.3) is 5.91 Å². The smallest absolute Gasteiger partial charge is 0.258 e. The van der Waals surface area contributed by atoms with Gasteiger partial charge in [0, 0.05) is 11.8 Å². The summed E-state index contributed by atoms with van der Waals surface area (Å²) < 4.78 is 10.6. The largest absolute Gasteiger partial charge is 0.493 e. The number of nitrogens with zero attached hydrogens (tertiary/aromatic N) is 1. The molecule has 0 fully saturated rings. The molecule has 0 aromatic heterocycles. The highest BCUT2D eigenvalue weighted by atomic mass is 16.5. The number of benzene rings is 2. The van der Waals surface area contributed by atoms with Gasteiger partial charge in [0.2, 0.25) is 0 Å². The maximum absolute atomic E-state index is 12.5. The second kappa shape index (κ2) is 5.93. The number of hydrogen-bond donors (Lipinski definition) is 0. The molecule has 0 saturated carbocycles. The first-order valence-corrected chi connectivity index (χ1v) is 7.02. The third-order valence-electron chi connectivity index (χ3n) is 3.70. The molecule has 0 atom stereocenters. The van der Waals surface area contributed by atoms with Crippen molar-refractivity contribution in [1.29, 1.82) is 0 Å². The molecule has 1 aliphatic rings. The SMILES string of the molecule is COc1cc2c(cc1OC)CN(C(=O)c1ccccc1)C=C2. The molecule has 0 radical (unpaired) electrons. The molecule has 4 heteroatoms. The highest BCUT2D eigenvalue weighted by Gasteiger charge is 2.20. The molecule has 0 bridgehead atoms. The standard InChI is InChI=1S/C18H17NO3/c1-21-16-10-14-8-9-19(12-15(14)11-17(16)22-2)18(20)13-6-4-3-5-7-13/h3-11H,12H2,1-2H3. The first kappa shape index (κ1) is 14.2. The van der Waals surface area contributed by atoms with Gasteiger partial charge in [-0.05, 0) is 41.5 Å². The number of carbonyl (C=O) groups excluding carboxylic acids is 1. The Morgan fingerprint density at radius 3 is 2.41 bits per heavy atom. The van der Waals surface area contributed by atoms with Crippen LogP contribution in [0.25, 0.3) is 6.08 Å². The Labute approximate surface area is 129 Å². The Kier molecular flexibility index (Phi) is 3.83. The first-order valence-electron chi connectivity index (χ1n) is 7.02. The van der Waals surface area contributed by atoms with Crippen LogP contribution in [0.15, 0.2) is 48.7 Å². The number of hydrogen-bond acceptors (Lipinski definition) is 3. The van der Waals surface area contributed by atoms with E-state index >= 15 is 0 Å². The van der Waals surface area contributed by atoms with Gasteiger partial charge in [-0.1, -0.05) is 18.2 Å². The molecule has 112 valence electrons.